The number of aromatic amines is 2. The van der Waals surface area contributed by atoms with Crippen molar-refractivity contribution >= 4 is 34.4 Å². The molecule has 130 valence electrons. The largest absolute Gasteiger partial charge is 0.494 e. The summed E-state index contributed by atoms with van der Waals surface area (Å²) in [5.41, 5.74) is 2.76. The number of hydrogen-bond donors (Lipinski definition) is 3. The molecular weight excluding hydrogens is 354 g/mol. The fraction of sp³-hybridized carbons (Fsp3) is 0.0556. The third-order valence-corrected chi connectivity index (χ3v) is 4.18. The third-order valence-electron chi connectivity index (χ3n) is 3.88. The number of methoxy groups -OCH3 is 1. The van der Waals surface area contributed by atoms with Crippen molar-refractivity contribution in [3.63, 3.8) is 0 Å². The van der Waals surface area contributed by atoms with Gasteiger partial charge in [-0.25, -0.2) is 4.98 Å². The smallest absolute Gasteiger partial charge is 0.260 e. The minimum absolute atomic E-state index is 0.319. The molecule has 7 nitrogen and oxygen atoms in total. The van der Waals surface area contributed by atoms with E-state index < -0.39 is 0 Å². The van der Waals surface area contributed by atoms with Crippen LogP contribution in [-0.2, 0) is 0 Å². The number of fused-ring (bicyclic) bond motifs is 1. The van der Waals surface area contributed by atoms with Crippen LogP contribution < -0.4 is 10.1 Å². The zero-order valence-electron chi connectivity index (χ0n) is 13.7. The Balaban J connectivity index is 1.59. The van der Waals surface area contributed by atoms with Crippen LogP contribution >= 0.6 is 11.6 Å². The summed E-state index contributed by atoms with van der Waals surface area (Å²) in [6.07, 6.45) is 0. The van der Waals surface area contributed by atoms with Crippen LogP contribution in [0.5, 0.6) is 5.75 Å². The Morgan fingerprint density at radius 3 is 2.85 bits per heavy atom. The van der Waals surface area contributed by atoms with Gasteiger partial charge < -0.3 is 15.0 Å². The van der Waals surface area contributed by atoms with Crippen molar-refractivity contribution in [1.29, 1.82) is 0 Å². The number of aromatic nitrogens is 4. The maximum atomic E-state index is 12.5. The van der Waals surface area contributed by atoms with Crippen LogP contribution in [0.4, 0.5) is 5.82 Å². The van der Waals surface area contributed by atoms with Crippen LogP contribution in [0.2, 0.25) is 5.02 Å². The Hall–Kier alpha value is -3.32. The maximum Gasteiger partial charge on any atom is 0.260 e. The van der Waals surface area contributed by atoms with Crippen molar-refractivity contribution in [3.05, 3.63) is 59.1 Å². The number of nitrogens with zero attached hydrogens (tertiary/aromatic N) is 2. The summed E-state index contributed by atoms with van der Waals surface area (Å²) >= 11 is 6.06. The average molecular weight is 368 g/mol. The molecule has 0 aliphatic rings. The number of carbonyl (C=O) groups excluding carboxylic acids is 1. The van der Waals surface area contributed by atoms with E-state index in [0.29, 0.717) is 33.7 Å². The summed E-state index contributed by atoms with van der Waals surface area (Å²) in [7, 11) is 1.46. The van der Waals surface area contributed by atoms with Gasteiger partial charge >= 0.3 is 0 Å². The van der Waals surface area contributed by atoms with Crippen molar-refractivity contribution in [2.45, 2.75) is 0 Å². The van der Waals surface area contributed by atoms with Gasteiger partial charge in [-0.2, -0.15) is 5.10 Å². The predicted molar refractivity (Wildman–Crippen MR) is 99.6 cm³/mol. The van der Waals surface area contributed by atoms with Gasteiger partial charge in [0.15, 0.2) is 11.6 Å². The van der Waals surface area contributed by atoms with Crippen LogP contribution in [0.25, 0.3) is 22.6 Å². The lowest BCUT2D eigenvalue weighted by atomic mass is 10.2. The first-order chi connectivity index (χ1) is 12.7. The highest BCUT2D eigenvalue weighted by Crippen LogP contribution is 2.29. The highest BCUT2D eigenvalue weighted by atomic mass is 35.5. The molecule has 0 fully saturated rings. The second-order valence-electron chi connectivity index (χ2n) is 5.54. The molecular formula is C18H14ClN5O2. The molecule has 0 aliphatic heterocycles. The van der Waals surface area contributed by atoms with Gasteiger partial charge in [-0.3, -0.25) is 9.89 Å². The number of para-hydroxylation sites is 3. The normalized spacial score (nSPS) is 10.8. The van der Waals surface area contributed by atoms with Crippen molar-refractivity contribution in [2.75, 3.05) is 12.4 Å². The van der Waals surface area contributed by atoms with Gasteiger partial charge in [0.2, 0.25) is 0 Å². The number of amides is 1. The quantitative estimate of drug-likeness (QED) is 0.510. The van der Waals surface area contributed by atoms with E-state index in [-0.39, 0.29) is 5.91 Å². The highest BCUT2D eigenvalue weighted by Gasteiger charge is 2.17. The lowest BCUT2D eigenvalue weighted by Gasteiger charge is -2.09. The standard InChI is InChI=1S/C18H14ClN5O2/c1-26-16-10(5-4-6-11(16)19)18(25)22-15-9-14(23-24-15)17-20-12-7-2-3-8-13(12)21-17/h2-9H,1H3,(H,20,21)(H2,22,23,24,25). The van der Waals surface area contributed by atoms with Gasteiger partial charge in [-0.1, -0.05) is 29.8 Å². The van der Waals surface area contributed by atoms with Crippen molar-refractivity contribution in [3.8, 4) is 17.3 Å². The number of benzene rings is 2. The lowest BCUT2D eigenvalue weighted by Crippen LogP contribution is -2.13. The molecule has 4 aromatic rings. The Morgan fingerprint density at radius 2 is 2.04 bits per heavy atom. The number of hydrogen-bond acceptors (Lipinski definition) is 4. The molecule has 0 spiro atoms. The minimum Gasteiger partial charge on any atom is -0.494 e. The Morgan fingerprint density at radius 1 is 1.19 bits per heavy atom. The Bertz CT molecular complexity index is 1070. The van der Waals surface area contributed by atoms with E-state index in [4.69, 9.17) is 16.3 Å². The first-order valence-corrected chi connectivity index (χ1v) is 8.18. The molecule has 0 atom stereocenters. The summed E-state index contributed by atoms with van der Waals surface area (Å²) in [5, 5.41) is 10.1. The molecule has 3 N–H and O–H groups in total. The molecule has 0 unspecified atom stereocenters. The minimum atomic E-state index is -0.369. The number of nitrogens with one attached hydrogen (secondary N) is 3. The van der Waals surface area contributed by atoms with Crippen molar-refractivity contribution < 1.29 is 9.53 Å². The monoisotopic (exact) mass is 367 g/mol. The van der Waals surface area contributed by atoms with E-state index in [1.165, 1.54) is 7.11 Å². The summed E-state index contributed by atoms with van der Waals surface area (Å²) in [6, 6.07) is 14.4. The first-order valence-electron chi connectivity index (χ1n) is 7.80. The Labute approximate surface area is 153 Å². The molecule has 2 aromatic heterocycles. The lowest BCUT2D eigenvalue weighted by molar-refractivity contribution is 0.102. The molecule has 4 rings (SSSR count). The third kappa shape index (κ3) is 2.89. The molecule has 2 aromatic carbocycles. The molecule has 0 saturated heterocycles. The Kier molecular flexibility index (Phi) is 4.06. The second-order valence-corrected chi connectivity index (χ2v) is 5.95. The van der Waals surface area contributed by atoms with Gasteiger partial charge in [-0.05, 0) is 24.3 Å². The van der Waals surface area contributed by atoms with Crippen LogP contribution in [-0.4, -0.2) is 33.2 Å². The van der Waals surface area contributed by atoms with Gasteiger partial charge in [-0.15, -0.1) is 0 Å². The zero-order chi connectivity index (χ0) is 18.1. The zero-order valence-corrected chi connectivity index (χ0v) is 14.5. The van der Waals surface area contributed by atoms with Gasteiger partial charge in [0, 0.05) is 6.07 Å². The van der Waals surface area contributed by atoms with Crippen molar-refractivity contribution in [1.82, 2.24) is 20.2 Å². The molecule has 0 radical (unpaired) electrons. The first kappa shape index (κ1) is 16.2. The van der Waals surface area contributed by atoms with Crippen LogP contribution in [0.1, 0.15) is 10.4 Å². The number of halogens is 1. The number of ether oxygens (including phenoxy) is 1. The van der Waals surface area contributed by atoms with Gasteiger partial charge in [0.05, 0.1) is 28.7 Å². The topological polar surface area (TPSA) is 95.7 Å². The number of rotatable bonds is 4. The van der Waals surface area contributed by atoms with E-state index in [9.17, 15) is 4.79 Å². The van der Waals surface area contributed by atoms with E-state index in [0.717, 1.165) is 11.0 Å². The summed E-state index contributed by atoms with van der Waals surface area (Å²) in [6.45, 7) is 0. The van der Waals surface area contributed by atoms with E-state index in [1.807, 2.05) is 24.3 Å². The molecule has 26 heavy (non-hydrogen) atoms. The van der Waals surface area contributed by atoms with Crippen molar-refractivity contribution in [2.24, 2.45) is 0 Å². The fourth-order valence-corrected chi connectivity index (χ4v) is 2.92. The second kappa shape index (κ2) is 6.53. The summed E-state index contributed by atoms with van der Waals surface area (Å²) in [5.74, 6) is 0.957. The maximum absolute atomic E-state index is 12.5. The SMILES string of the molecule is COc1c(Cl)cccc1C(=O)Nc1cc(-c2nc3ccccc3[nH]2)[nH]n1. The van der Waals surface area contributed by atoms with E-state index in [1.54, 1.807) is 24.3 Å². The molecule has 1 amide bonds. The average Bonchev–Trinajstić information content (AvgIpc) is 3.27. The fourth-order valence-electron chi connectivity index (χ4n) is 2.67. The van der Waals surface area contributed by atoms with E-state index in [2.05, 4.69) is 25.5 Å². The summed E-state index contributed by atoms with van der Waals surface area (Å²) < 4.78 is 5.21. The summed E-state index contributed by atoms with van der Waals surface area (Å²) in [4.78, 5) is 20.2. The number of imidazole rings is 1. The number of carbonyl (C=O) groups is 1. The predicted octanol–water partition coefficient (Wildman–Crippen LogP) is 3.87. The highest BCUT2D eigenvalue weighted by molar-refractivity contribution is 6.32. The van der Waals surface area contributed by atoms with Crippen LogP contribution in [0, 0.1) is 0 Å². The molecule has 8 heteroatoms. The van der Waals surface area contributed by atoms with Gasteiger partial charge in [0.1, 0.15) is 11.4 Å². The van der Waals surface area contributed by atoms with E-state index >= 15 is 0 Å². The molecule has 0 bridgehead atoms. The van der Waals surface area contributed by atoms with Gasteiger partial charge in [0.25, 0.3) is 5.91 Å². The van der Waals surface area contributed by atoms with Crippen LogP contribution in [0.3, 0.4) is 0 Å². The molecule has 2 heterocycles. The molecule has 0 aliphatic carbocycles. The van der Waals surface area contributed by atoms with Crippen LogP contribution in [0.15, 0.2) is 48.5 Å². The number of H-pyrrole nitrogens is 2. The molecule has 0 saturated carbocycles. The number of anilines is 1.